The van der Waals surface area contributed by atoms with Crippen LogP contribution in [0.25, 0.3) is 0 Å². The minimum Gasteiger partial charge on any atom is -0.439 e. The number of esters is 1. The van der Waals surface area contributed by atoms with E-state index in [2.05, 4.69) is 15.5 Å². The number of carbonyl (C=O) groups excluding carboxylic acids is 2. The Hall–Kier alpha value is -1.14. The Bertz CT molecular complexity index is 146. The molecule has 0 aromatic rings. The summed E-state index contributed by atoms with van der Waals surface area (Å²) in [4.78, 5) is 24.5. The van der Waals surface area contributed by atoms with Crippen LogP contribution in [0.5, 0.6) is 0 Å². The van der Waals surface area contributed by atoms with Crippen LogP contribution < -0.4 is 5.90 Å². The molecule has 0 saturated carbocycles. The van der Waals surface area contributed by atoms with Gasteiger partial charge in [0.05, 0.1) is 12.8 Å². The maximum absolute atomic E-state index is 10.4. The van der Waals surface area contributed by atoms with E-state index in [1.54, 1.807) is 0 Å². The van der Waals surface area contributed by atoms with E-state index in [-0.39, 0.29) is 12.8 Å². The van der Waals surface area contributed by atoms with Crippen molar-refractivity contribution in [1.29, 1.82) is 0 Å². The minimum absolute atomic E-state index is 0.142. The van der Waals surface area contributed by atoms with Crippen molar-refractivity contribution in [2.45, 2.75) is 12.8 Å². The average molecular weight is 163 g/mol. The highest BCUT2D eigenvalue weighted by Crippen LogP contribution is 1.92. The third-order valence-corrected chi connectivity index (χ3v) is 0.890. The van der Waals surface area contributed by atoms with Gasteiger partial charge in [0.15, 0.2) is 6.79 Å². The second kappa shape index (κ2) is 5.63. The fourth-order valence-corrected chi connectivity index (χ4v) is 0.407. The van der Waals surface area contributed by atoms with Gasteiger partial charge in [-0.05, 0) is 0 Å². The fraction of sp³-hybridized carbons (Fsp3) is 0.600. The van der Waals surface area contributed by atoms with Crippen LogP contribution in [0, 0.1) is 0 Å². The van der Waals surface area contributed by atoms with E-state index in [4.69, 9.17) is 5.11 Å². The van der Waals surface area contributed by atoms with Gasteiger partial charge in [0.1, 0.15) is 0 Å². The normalized spacial score (nSPS) is 8.91. The first kappa shape index (κ1) is 9.86. The third-order valence-electron chi connectivity index (χ3n) is 0.890. The van der Waals surface area contributed by atoms with E-state index in [1.807, 2.05) is 0 Å². The summed E-state index contributed by atoms with van der Waals surface area (Å²) in [7, 11) is 0. The summed E-state index contributed by atoms with van der Waals surface area (Å²) in [5.41, 5.74) is 0. The van der Waals surface area contributed by atoms with E-state index in [1.165, 1.54) is 0 Å². The number of hydrogen-bond acceptors (Lipinski definition) is 6. The van der Waals surface area contributed by atoms with Gasteiger partial charge in [0, 0.05) is 0 Å². The summed E-state index contributed by atoms with van der Waals surface area (Å²) in [5, 5.41) is 8.08. The molecule has 0 aliphatic heterocycles. The zero-order valence-electron chi connectivity index (χ0n) is 5.78. The zero-order chi connectivity index (χ0) is 8.69. The first-order chi connectivity index (χ1) is 5.20. The van der Waals surface area contributed by atoms with Gasteiger partial charge in [-0.2, -0.15) is 5.90 Å². The lowest BCUT2D eigenvalue weighted by Gasteiger charge is -1.98. The first-order valence-electron chi connectivity index (χ1n) is 2.86. The predicted molar refractivity (Wildman–Crippen MR) is 32.7 cm³/mol. The highest BCUT2D eigenvalue weighted by Gasteiger charge is 2.06. The maximum Gasteiger partial charge on any atom is 0.325 e. The zero-order valence-corrected chi connectivity index (χ0v) is 5.78. The van der Waals surface area contributed by atoms with Crippen molar-refractivity contribution in [3.63, 3.8) is 0 Å². The summed E-state index contributed by atoms with van der Waals surface area (Å²) in [6, 6.07) is 0. The number of aliphatic hydroxyl groups is 1. The number of aliphatic hydroxyl groups excluding tert-OH is 1. The van der Waals surface area contributed by atoms with E-state index in [0.29, 0.717) is 0 Å². The lowest BCUT2D eigenvalue weighted by molar-refractivity contribution is -0.155. The molecule has 11 heavy (non-hydrogen) atoms. The molecule has 6 nitrogen and oxygen atoms in total. The highest BCUT2D eigenvalue weighted by molar-refractivity contribution is 5.77. The first-order valence-corrected chi connectivity index (χ1v) is 2.86. The van der Waals surface area contributed by atoms with Gasteiger partial charge < -0.3 is 14.7 Å². The van der Waals surface area contributed by atoms with Gasteiger partial charge in [0.25, 0.3) is 0 Å². The van der Waals surface area contributed by atoms with Crippen LogP contribution in [0.1, 0.15) is 12.8 Å². The molecule has 0 heterocycles. The Labute approximate surface area is 62.8 Å². The van der Waals surface area contributed by atoms with E-state index in [0.717, 1.165) is 0 Å². The van der Waals surface area contributed by atoms with E-state index >= 15 is 0 Å². The fourth-order valence-electron chi connectivity index (χ4n) is 0.407. The smallest absolute Gasteiger partial charge is 0.325 e. The number of nitrogens with two attached hydrogens (primary N) is 1. The molecule has 0 aromatic carbocycles. The molecule has 3 N–H and O–H groups in total. The Kier molecular flexibility index (Phi) is 5.05. The van der Waals surface area contributed by atoms with Gasteiger partial charge in [-0.1, -0.05) is 0 Å². The molecule has 0 bridgehead atoms. The molecule has 0 fully saturated rings. The van der Waals surface area contributed by atoms with Gasteiger partial charge in [-0.15, -0.1) is 0 Å². The number of carbonyl (C=O) groups is 2. The molecule has 0 radical (unpaired) electrons. The second-order valence-electron chi connectivity index (χ2n) is 1.64. The molecule has 6 heteroatoms. The van der Waals surface area contributed by atoms with Gasteiger partial charge >= 0.3 is 11.9 Å². The summed E-state index contributed by atoms with van der Waals surface area (Å²) in [5.74, 6) is 3.12. The molecule has 0 saturated heterocycles. The Morgan fingerprint density at radius 3 is 2.27 bits per heavy atom. The van der Waals surface area contributed by atoms with Crippen molar-refractivity contribution in [1.82, 2.24) is 0 Å². The molecule has 0 rings (SSSR count). The maximum atomic E-state index is 10.4. The molecule has 0 unspecified atom stereocenters. The predicted octanol–water partition coefficient (Wildman–Crippen LogP) is -1.32. The van der Waals surface area contributed by atoms with Crippen molar-refractivity contribution >= 4 is 11.9 Å². The second-order valence-corrected chi connectivity index (χ2v) is 1.64. The van der Waals surface area contributed by atoms with Crippen LogP contribution in [0.2, 0.25) is 0 Å². The molecular formula is C5H9NO5. The van der Waals surface area contributed by atoms with E-state index < -0.39 is 18.7 Å². The topological polar surface area (TPSA) is 98.9 Å². The van der Waals surface area contributed by atoms with Crippen LogP contribution in [-0.4, -0.2) is 23.8 Å². The van der Waals surface area contributed by atoms with Crippen molar-refractivity contribution in [2.24, 2.45) is 5.90 Å². The molecule has 0 aliphatic carbocycles. The molecule has 0 aromatic heterocycles. The molecule has 0 aliphatic rings. The van der Waals surface area contributed by atoms with Gasteiger partial charge in [-0.3, -0.25) is 9.59 Å². The molecule has 0 atom stereocenters. The summed E-state index contributed by atoms with van der Waals surface area (Å²) in [6.45, 7) is -0.684. The van der Waals surface area contributed by atoms with Crippen molar-refractivity contribution in [3.05, 3.63) is 0 Å². The van der Waals surface area contributed by atoms with Crippen molar-refractivity contribution in [2.75, 3.05) is 6.79 Å². The van der Waals surface area contributed by atoms with Crippen molar-refractivity contribution in [3.8, 4) is 0 Å². The largest absolute Gasteiger partial charge is 0.439 e. The molecule has 0 amide bonds. The van der Waals surface area contributed by atoms with E-state index in [9.17, 15) is 9.59 Å². The lowest BCUT2D eigenvalue weighted by Crippen LogP contribution is -2.13. The Morgan fingerprint density at radius 2 is 1.82 bits per heavy atom. The van der Waals surface area contributed by atoms with Crippen molar-refractivity contribution < 1.29 is 24.3 Å². The van der Waals surface area contributed by atoms with Crippen LogP contribution in [0.15, 0.2) is 0 Å². The van der Waals surface area contributed by atoms with Crippen LogP contribution in [0.3, 0.4) is 0 Å². The standard InChI is InChI=1S/C5H9NO5/c6-11-5(9)2-1-4(8)10-3-7/h7H,1-3,6H2. The quantitative estimate of drug-likeness (QED) is 0.303. The monoisotopic (exact) mass is 163 g/mol. The third kappa shape index (κ3) is 5.31. The summed E-state index contributed by atoms with van der Waals surface area (Å²) in [6.07, 6.45) is -0.286. The van der Waals surface area contributed by atoms with Crippen LogP contribution in [0.4, 0.5) is 0 Å². The van der Waals surface area contributed by atoms with Gasteiger partial charge in [0.2, 0.25) is 0 Å². The van der Waals surface area contributed by atoms with Crippen LogP contribution in [-0.2, 0) is 19.2 Å². The summed E-state index contributed by atoms with van der Waals surface area (Å²) >= 11 is 0. The molecule has 64 valence electrons. The van der Waals surface area contributed by atoms with Gasteiger partial charge in [-0.25, -0.2) is 0 Å². The number of ether oxygens (including phenoxy) is 1. The Morgan fingerprint density at radius 1 is 1.27 bits per heavy atom. The Balaban J connectivity index is 3.38. The van der Waals surface area contributed by atoms with Crippen LogP contribution >= 0.6 is 0 Å². The molecule has 0 spiro atoms. The highest BCUT2D eigenvalue weighted by atomic mass is 16.7. The number of hydrogen-bond donors (Lipinski definition) is 2. The lowest BCUT2D eigenvalue weighted by atomic mass is 10.3. The number of rotatable bonds is 4. The average Bonchev–Trinajstić information content (AvgIpc) is 2.01. The SMILES string of the molecule is NOC(=O)CCC(=O)OCO. The minimum atomic E-state index is -0.695. The summed E-state index contributed by atoms with van der Waals surface area (Å²) < 4.78 is 4.10. The molecular weight excluding hydrogens is 154 g/mol.